The summed E-state index contributed by atoms with van der Waals surface area (Å²) in [7, 11) is 0. The van der Waals surface area contributed by atoms with E-state index >= 15 is 0 Å². The summed E-state index contributed by atoms with van der Waals surface area (Å²) in [6.45, 7) is 8.86. The van der Waals surface area contributed by atoms with Crippen molar-refractivity contribution in [3.05, 3.63) is 33.8 Å². The molecule has 0 aliphatic carbocycles. The Bertz CT molecular complexity index is 611. The number of hydrogen-bond donors (Lipinski definition) is 1. The molecule has 1 aromatic carbocycles. The molecule has 1 atom stereocenters. The van der Waals surface area contributed by atoms with E-state index in [1.54, 1.807) is 46.8 Å². The molecule has 0 fully saturated rings. The van der Waals surface area contributed by atoms with Crippen LogP contribution in [0, 0.1) is 0 Å². The fourth-order valence-corrected chi connectivity index (χ4v) is 2.38. The number of ether oxygens (including phenoxy) is 1. The molecule has 0 saturated heterocycles. The fourth-order valence-electron chi connectivity index (χ4n) is 2.07. The molecule has 0 saturated carbocycles. The number of nitrogens with zero attached hydrogens (tertiary/aromatic N) is 1. The number of hydrogen-bond acceptors (Lipinski definition) is 3. The largest absolute Gasteiger partial charge is 0.481 e. The number of carboxylic acid groups (broad SMARTS) is 1. The van der Waals surface area contributed by atoms with Gasteiger partial charge in [0.2, 0.25) is 0 Å². The molecule has 1 amide bonds. The van der Waals surface area contributed by atoms with Crippen molar-refractivity contribution in [1.82, 2.24) is 4.90 Å². The van der Waals surface area contributed by atoms with Crippen molar-refractivity contribution in [2.75, 3.05) is 6.54 Å². The molecular weight excluding hydrogens is 353 g/mol. The van der Waals surface area contributed by atoms with Crippen LogP contribution in [0.4, 0.5) is 4.79 Å². The lowest BCUT2D eigenvalue weighted by Gasteiger charge is -2.32. The predicted molar refractivity (Wildman–Crippen MR) is 94.9 cm³/mol. The molecule has 0 bridgehead atoms. The first-order valence-corrected chi connectivity index (χ1v) is 8.35. The fraction of sp³-hybridized carbons (Fsp3) is 0.529. The maximum absolute atomic E-state index is 12.4. The second-order valence-electron chi connectivity index (χ2n) is 6.79. The van der Waals surface area contributed by atoms with Gasteiger partial charge in [0.25, 0.3) is 0 Å². The molecule has 0 radical (unpaired) electrons. The monoisotopic (exact) mass is 375 g/mol. The molecule has 0 aliphatic rings. The first-order chi connectivity index (χ1) is 10.9. The van der Waals surface area contributed by atoms with Crippen molar-refractivity contribution in [2.45, 2.75) is 52.2 Å². The van der Waals surface area contributed by atoms with Gasteiger partial charge in [0.05, 0.1) is 16.0 Å². The number of halogens is 2. The minimum Gasteiger partial charge on any atom is -0.481 e. The second-order valence-corrected chi connectivity index (χ2v) is 7.61. The minimum absolute atomic E-state index is 0.0279. The van der Waals surface area contributed by atoms with Crippen LogP contribution in [-0.4, -0.2) is 40.3 Å². The maximum atomic E-state index is 12.4. The Labute approximate surface area is 152 Å². The Morgan fingerprint density at radius 2 is 1.79 bits per heavy atom. The number of amides is 1. The van der Waals surface area contributed by atoms with E-state index in [-0.39, 0.29) is 17.6 Å². The first-order valence-electron chi connectivity index (χ1n) is 7.59. The zero-order valence-electron chi connectivity index (χ0n) is 14.5. The quantitative estimate of drug-likeness (QED) is 0.801. The van der Waals surface area contributed by atoms with E-state index in [4.69, 9.17) is 27.9 Å². The van der Waals surface area contributed by atoms with Crippen LogP contribution in [0.5, 0.6) is 0 Å². The molecule has 5 nitrogen and oxygen atoms in total. The van der Waals surface area contributed by atoms with Gasteiger partial charge in [-0.1, -0.05) is 29.3 Å². The van der Waals surface area contributed by atoms with Gasteiger partial charge in [-0.25, -0.2) is 4.79 Å². The van der Waals surface area contributed by atoms with Gasteiger partial charge in [0, 0.05) is 12.6 Å². The highest BCUT2D eigenvalue weighted by Crippen LogP contribution is 2.28. The molecule has 0 aromatic heterocycles. The van der Waals surface area contributed by atoms with Crippen molar-refractivity contribution >= 4 is 35.3 Å². The van der Waals surface area contributed by atoms with Crippen LogP contribution < -0.4 is 0 Å². The summed E-state index contributed by atoms with van der Waals surface area (Å²) < 4.78 is 5.37. The van der Waals surface area contributed by atoms with Gasteiger partial charge < -0.3 is 14.7 Å². The minimum atomic E-state index is -1.05. The third kappa shape index (κ3) is 5.87. The van der Waals surface area contributed by atoms with Crippen LogP contribution >= 0.6 is 23.2 Å². The molecule has 1 rings (SSSR count). The molecule has 0 spiro atoms. The lowest BCUT2D eigenvalue weighted by molar-refractivity contribution is -0.139. The van der Waals surface area contributed by atoms with E-state index in [1.807, 2.05) is 0 Å². The third-order valence-electron chi connectivity index (χ3n) is 3.27. The number of carbonyl (C=O) groups excluding carboxylic acids is 1. The van der Waals surface area contributed by atoms with Crippen molar-refractivity contribution < 1.29 is 19.4 Å². The molecule has 7 heteroatoms. The Balaban J connectivity index is 3.08. The number of benzene rings is 1. The van der Waals surface area contributed by atoms with Crippen LogP contribution in [-0.2, 0) is 9.53 Å². The highest BCUT2D eigenvalue weighted by atomic mass is 35.5. The van der Waals surface area contributed by atoms with E-state index in [0.29, 0.717) is 10.6 Å². The van der Waals surface area contributed by atoms with E-state index in [1.165, 1.54) is 11.0 Å². The highest BCUT2D eigenvalue weighted by Gasteiger charge is 2.30. The summed E-state index contributed by atoms with van der Waals surface area (Å²) in [5.41, 5.74) is -0.182. The van der Waals surface area contributed by atoms with Gasteiger partial charge >= 0.3 is 12.1 Å². The molecule has 1 unspecified atom stereocenters. The summed E-state index contributed by atoms with van der Waals surface area (Å²) >= 11 is 11.9. The van der Waals surface area contributed by atoms with Gasteiger partial charge in [-0.2, -0.15) is 0 Å². The predicted octanol–water partition coefficient (Wildman–Crippen LogP) is 4.81. The van der Waals surface area contributed by atoms with E-state index in [0.717, 1.165) is 0 Å². The molecule has 134 valence electrons. The zero-order chi connectivity index (χ0) is 18.7. The Morgan fingerprint density at radius 1 is 1.21 bits per heavy atom. The summed E-state index contributed by atoms with van der Waals surface area (Å²) in [4.78, 5) is 25.5. The van der Waals surface area contributed by atoms with E-state index in [9.17, 15) is 14.7 Å². The highest BCUT2D eigenvalue weighted by molar-refractivity contribution is 6.42. The van der Waals surface area contributed by atoms with Crippen molar-refractivity contribution in [3.63, 3.8) is 0 Å². The maximum Gasteiger partial charge on any atom is 0.410 e. The van der Waals surface area contributed by atoms with Gasteiger partial charge in [-0.15, -0.1) is 0 Å². The number of rotatable bonds is 5. The normalized spacial score (nSPS) is 12.8. The second kappa shape index (κ2) is 8.08. The van der Waals surface area contributed by atoms with Gasteiger partial charge in [0.1, 0.15) is 5.60 Å². The standard InChI is InChI=1S/C17H23Cl2NO4/c1-10(2)20(16(23)24-17(3,4)5)9-12(15(21)22)11-6-7-13(18)14(19)8-11/h6-8,10,12H,9H2,1-5H3,(H,21,22). The van der Waals surface area contributed by atoms with E-state index in [2.05, 4.69) is 0 Å². The molecule has 1 N–H and O–H groups in total. The number of carboxylic acids is 1. The van der Waals surface area contributed by atoms with Crippen LogP contribution in [0.3, 0.4) is 0 Å². The van der Waals surface area contributed by atoms with Crippen LogP contribution in [0.25, 0.3) is 0 Å². The summed E-state index contributed by atoms with van der Waals surface area (Å²) in [6.07, 6.45) is -0.552. The van der Waals surface area contributed by atoms with Crippen molar-refractivity contribution in [3.8, 4) is 0 Å². The first kappa shape index (κ1) is 20.6. The van der Waals surface area contributed by atoms with Gasteiger partial charge in [-0.05, 0) is 52.3 Å². The van der Waals surface area contributed by atoms with Crippen LogP contribution in [0.15, 0.2) is 18.2 Å². The van der Waals surface area contributed by atoms with Gasteiger partial charge in [0.15, 0.2) is 0 Å². The average Bonchev–Trinajstić information content (AvgIpc) is 2.40. The molecular formula is C17H23Cl2NO4. The van der Waals surface area contributed by atoms with Crippen LogP contribution in [0.2, 0.25) is 10.0 Å². The molecule has 0 aliphatic heterocycles. The van der Waals surface area contributed by atoms with Gasteiger partial charge in [-0.3, -0.25) is 4.79 Å². The summed E-state index contributed by atoms with van der Waals surface area (Å²) in [5, 5.41) is 10.2. The zero-order valence-corrected chi connectivity index (χ0v) is 16.0. The number of carbonyl (C=O) groups is 2. The van der Waals surface area contributed by atoms with Crippen molar-refractivity contribution in [2.24, 2.45) is 0 Å². The van der Waals surface area contributed by atoms with E-state index < -0.39 is 23.6 Å². The topological polar surface area (TPSA) is 66.8 Å². The Kier molecular flexibility index (Phi) is 6.93. The van der Waals surface area contributed by atoms with Crippen LogP contribution in [0.1, 0.15) is 46.1 Å². The Hall–Kier alpha value is -1.46. The summed E-state index contributed by atoms with van der Waals surface area (Å²) in [6, 6.07) is 4.43. The molecule has 0 heterocycles. The third-order valence-corrected chi connectivity index (χ3v) is 4.01. The lowest BCUT2D eigenvalue weighted by atomic mass is 9.98. The summed E-state index contributed by atoms with van der Waals surface area (Å²) in [5.74, 6) is -1.99. The smallest absolute Gasteiger partial charge is 0.410 e. The number of aliphatic carboxylic acids is 1. The molecule has 24 heavy (non-hydrogen) atoms. The average molecular weight is 376 g/mol. The lowest BCUT2D eigenvalue weighted by Crippen LogP contribution is -2.44. The van der Waals surface area contributed by atoms with Crippen molar-refractivity contribution in [1.29, 1.82) is 0 Å². The SMILES string of the molecule is CC(C)N(CC(C(=O)O)c1ccc(Cl)c(Cl)c1)C(=O)OC(C)(C)C. The molecule has 1 aromatic rings. The Morgan fingerprint density at radius 3 is 2.21 bits per heavy atom.